The van der Waals surface area contributed by atoms with Gasteiger partial charge in [0.1, 0.15) is 7.85 Å². The second kappa shape index (κ2) is 2.76. The van der Waals surface area contributed by atoms with E-state index in [4.69, 9.17) is 19.4 Å². The number of rotatable bonds is 1. The summed E-state index contributed by atoms with van der Waals surface area (Å²) in [6, 6.07) is 0. The molecular weight excluding hydrogens is 166 g/mol. The van der Waals surface area contributed by atoms with Crippen molar-refractivity contribution < 1.29 is 4.79 Å². The van der Waals surface area contributed by atoms with Crippen LogP contribution >= 0.6 is 22.9 Å². The van der Waals surface area contributed by atoms with Gasteiger partial charge in [0.25, 0.3) is 5.24 Å². The molecule has 0 N–H and O–H groups in total. The molecule has 0 unspecified atom stereocenters. The second-order valence-corrected chi connectivity index (χ2v) is 3.14. The topological polar surface area (TPSA) is 17.1 Å². The molecule has 1 aromatic rings. The van der Waals surface area contributed by atoms with Gasteiger partial charge < -0.3 is 0 Å². The van der Waals surface area contributed by atoms with Crippen molar-refractivity contribution >= 4 is 41.5 Å². The molecule has 0 atom stereocenters. The lowest BCUT2D eigenvalue weighted by atomic mass is 9.95. The first-order chi connectivity index (χ1) is 4.63. The van der Waals surface area contributed by atoms with Gasteiger partial charge in [0.15, 0.2) is 0 Å². The van der Waals surface area contributed by atoms with Crippen molar-refractivity contribution in [2.75, 3.05) is 0 Å². The van der Waals surface area contributed by atoms with Gasteiger partial charge in [-0.15, -0.1) is 11.3 Å². The van der Waals surface area contributed by atoms with E-state index in [0.29, 0.717) is 10.3 Å². The first kappa shape index (κ1) is 7.83. The predicted octanol–water partition coefficient (Wildman–Crippen LogP) is 1.23. The summed E-state index contributed by atoms with van der Waals surface area (Å²) in [4.78, 5) is 11.1. The van der Waals surface area contributed by atoms with Crippen LogP contribution in [0.4, 0.5) is 0 Å². The van der Waals surface area contributed by atoms with Crippen molar-refractivity contribution in [2.45, 2.75) is 6.92 Å². The molecule has 10 heavy (non-hydrogen) atoms. The van der Waals surface area contributed by atoms with Crippen LogP contribution in [-0.4, -0.2) is 13.1 Å². The molecule has 0 aliphatic carbocycles. The zero-order chi connectivity index (χ0) is 7.72. The van der Waals surface area contributed by atoms with Gasteiger partial charge in [0.05, 0.1) is 4.88 Å². The average Bonchev–Trinajstić information content (AvgIpc) is 2.14. The third-order valence-corrected chi connectivity index (χ3v) is 2.66. The van der Waals surface area contributed by atoms with E-state index in [1.807, 2.05) is 0 Å². The Hall–Kier alpha value is -0.275. The number of halogens is 1. The van der Waals surface area contributed by atoms with Gasteiger partial charge in [-0.3, -0.25) is 4.79 Å². The van der Waals surface area contributed by atoms with Gasteiger partial charge in [-0.1, -0.05) is 5.46 Å². The maximum absolute atomic E-state index is 10.6. The molecule has 0 aromatic carbocycles. The molecule has 1 heterocycles. The van der Waals surface area contributed by atoms with E-state index >= 15 is 0 Å². The Bertz CT molecular complexity index is 269. The highest BCUT2D eigenvalue weighted by Crippen LogP contribution is 2.14. The fourth-order valence-electron chi connectivity index (χ4n) is 0.624. The SMILES string of the molecule is [B]c1csc(C(=O)Cl)c1C. The Labute approximate surface area is 69.4 Å². The second-order valence-electron chi connectivity index (χ2n) is 1.92. The van der Waals surface area contributed by atoms with Crippen LogP contribution in [0.2, 0.25) is 0 Å². The summed E-state index contributed by atoms with van der Waals surface area (Å²) in [5.41, 5.74) is 1.42. The zero-order valence-corrected chi connectivity index (χ0v) is 6.92. The molecule has 0 aliphatic heterocycles. The van der Waals surface area contributed by atoms with Crippen LogP contribution in [0.3, 0.4) is 0 Å². The Morgan fingerprint density at radius 1 is 1.80 bits per heavy atom. The fourth-order valence-corrected chi connectivity index (χ4v) is 1.71. The summed E-state index contributed by atoms with van der Waals surface area (Å²) in [5, 5.41) is 1.28. The molecule has 0 saturated heterocycles. The third kappa shape index (κ3) is 1.25. The van der Waals surface area contributed by atoms with E-state index in [2.05, 4.69) is 0 Å². The number of hydrogen-bond donors (Lipinski definition) is 0. The minimum atomic E-state index is -0.431. The Morgan fingerprint density at radius 3 is 2.60 bits per heavy atom. The summed E-state index contributed by atoms with van der Waals surface area (Å²) >= 11 is 6.52. The van der Waals surface area contributed by atoms with E-state index in [0.717, 1.165) is 5.56 Å². The molecule has 0 spiro atoms. The lowest BCUT2D eigenvalue weighted by molar-refractivity contribution is 0.108. The Balaban J connectivity index is 3.17. The molecule has 1 nitrogen and oxygen atoms in total. The Morgan fingerprint density at radius 2 is 2.40 bits per heavy atom. The Kier molecular flexibility index (Phi) is 2.16. The highest BCUT2D eigenvalue weighted by molar-refractivity contribution is 7.15. The van der Waals surface area contributed by atoms with Crippen molar-refractivity contribution in [1.82, 2.24) is 0 Å². The van der Waals surface area contributed by atoms with Crippen LogP contribution in [0.5, 0.6) is 0 Å². The number of hydrogen-bond acceptors (Lipinski definition) is 2. The molecule has 0 aliphatic rings. The van der Waals surface area contributed by atoms with Crippen molar-refractivity contribution in [3.05, 3.63) is 15.8 Å². The predicted molar refractivity (Wildman–Crippen MR) is 44.6 cm³/mol. The summed E-state index contributed by atoms with van der Waals surface area (Å²) in [5.74, 6) is 0. The summed E-state index contributed by atoms with van der Waals surface area (Å²) in [6.45, 7) is 1.78. The van der Waals surface area contributed by atoms with Crippen LogP contribution in [0.1, 0.15) is 15.2 Å². The van der Waals surface area contributed by atoms with E-state index < -0.39 is 5.24 Å². The molecule has 2 radical (unpaired) electrons. The monoisotopic (exact) mass is 170 g/mol. The van der Waals surface area contributed by atoms with Crippen LogP contribution in [0.15, 0.2) is 5.38 Å². The highest BCUT2D eigenvalue weighted by atomic mass is 35.5. The van der Waals surface area contributed by atoms with Crippen molar-refractivity contribution in [3.8, 4) is 0 Å². The molecule has 1 aromatic heterocycles. The molecule has 0 saturated carbocycles. The third-order valence-electron chi connectivity index (χ3n) is 1.26. The van der Waals surface area contributed by atoms with Crippen molar-refractivity contribution in [2.24, 2.45) is 0 Å². The van der Waals surface area contributed by atoms with Crippen LogP contribution in [0, 0.1) is 6.92 Å². The molecule has 0 amide bonds. The number of thiophene rings is 1. The van der Waals surface area contributed by atoms with Crippen LogP contribution in [0.25, 0.3) is 0 Å². The maximum Gasteiger partial charge on any atom is 0.262 e. The molecule has 1 rings (SSSR count). The van der Waals surface area contributed by atoms with Crippen LogP contribution in [-0.2, 0) is 0 Å². The van der Waals surface area contributed by atoms with E-state index in [1.165, 1.54) is 11.3 Å². The largest absolute Gasteiger partial charge is 0.275 e. The van der Waals surface area contributed by atoms with E-state index in [-0.39, 0.29) is 0 Å². The van der Waals surface area contributed by atoms with Gasteiger partial charge in [-0.25, -0.2) is 0 Å². The minimum Gasteiger partial charge on any atom is -0.275 e. The summed E-state index contributed by atoms with van der Waals surface area (Å²) in [7, 11) is 5.48. The smallest absolute Gasteiger partial charge is 0.262 e. The quantitative estimate of drug-likeness (QED) is 0.458. The normalized spacial score (nSPS) is 9.80. The van der Waals surface area contributed by atoms with Crippen LogP contribution < -0.4 is 5.46 Å². The first-order valence-corrected chi connectivity index (χ1v) is 3.92. The molecule has 50 valence electrons. The number of carbonyl (C=O) groups excluding carboxylic acids is 1. The number of carbonyl (C=O) groups is 1. The van der Waals surface area contributed by atoms with Gasteiger partial charge in [0.2, 0.25) is 0 Å². The lowest BCUT2D eigenvalue weighted by Crippen LogP contribution is -2.03. The van der Waals surface area contributed by atoms with E-state index in [1.54, 1.807) is 12.3 Å². The van der Waals surface area contributed by atoms with Crippen molar-refractivity contribution in [3.63, 3.8) is 0 Å². The van der Waals surface area contributed by atoms with Gasteiger partial charge in [-0.05, 0) is 29.5 Å². The first-order valence-electron chi connectivity index (χ1n) is 2.66. The maximum atomic E-state index is 10.6. The van der Waals surface area contributed by atoms with Gasteiger partial charge in [-0.2, -0.15) is 0 Å². The van der Waals surface area contributed by atoms with Crippen molar-refractivity contribution in [1.29, 1.82) is 0 Å². The molecular formula is C6H4BClOS. The van der Waals surface area contributed by atoms with Gasteiger partial charge >= 0.3 is 0 Å². The average molecular weight is 170 g/mol. The zero-order valence-electron chi connectivity index (χ0n) is 5.35. The molecule has 4 heteroatoms. The standard InChI is InChI=1S/C6H4BClOS/c1-3-4(7)2-10-5(3)6(8)9/h2H,1H3. The highest BCUT2D eigenvalue weighted by Gasteiger charge is 2.08. The molecule has 0 bridgehead atoms. The summed E-state index contributed by atoms with van der Waals surface area (Å²) < 4.78 is 0. The minimum absolute atomic E-state index is 0.431. The van der Waals surface area contributed by atoms with E-state index in [9.17, 15) is 4.79 Å². The molecule has 0 fully saturated rings. The summed E-state index contributed by atoms with van der Waals surface area (Å²) in [6.07, 6.45) is 0. The van der Waals surface area contributed by atoms with Gasteiger partial charge in [0, 0.05) is 0 Å². The lowest BCUT2D eigenvalue weighted by Gasteiger charge is -1.89. The fraction of sp³-hybridized carbons (Fsp3) is 0.167.